The summed E-state index contributed by atoms with van der Waals surface area (Å²) in [5.74, 6) is 0.833. The van der Waals surface area contributed by atoms with Crippen LogP contribution in [0.1, 0.15) is 40.2 Å². The second-order valence-corrected chi connectivity index (χ2v) is 3.90. The average Bonchev–Trinajstić information content (AvgIpc) is 2.20. The molecule has 0 radical (unpaired) electrons. The summed E-state index contributed by atoms with van der Waals surface area (Å²) in [5, 5.41) is 17.3. The highest BCUT2D eigenvalue weighted by Crippen LogP contribution is 1.88. The normalized spacial score (nSPS) is 8.56. The van der Waals surface area contributed by atoms with Crippen molar-refractivity contribution in [3.05, 3.63) is 24.0 Å². The Kier molecular flexibility index (Phi) is 11.7. The Balaban J connectivity index is 0. The van der Waals surface area contributed by atoms with Gasteiger partial charge < -0.3 is 10.0 Å². The SMILES string of the molecule is CC.CC(C)C.Cc1cncc(B(O)O)c1. The van der Waals surface area contributed by atoms with Gasteiger partial charge in [0, 0.05) is 17.9 Å². The average molecular weight is 225 g/mol. The quantitative estimate of drug-likeness (QED) is 0.716. The highest BCUT2D eigenvalue weighted by Gasteiger charge is 2.09. The van der Waals surface area contributed by atoms with Gasteiger partial charge in [0.15, 0.2) is 0 Å². The molecule has 4 heteroatoms. The van der Waals surface area contributed by atoms with Gasteiger partial charge in [-0.1, -0.05) is 40.7 Å². The first-order chi connectivity index (χ1) is 7.43. The van der Waals surface area contributed by atoms with Crippen LogP contribution in [0.25, 0.3) is 0 Å². The fourth-order valence-electron chi connectivity index (χ4n) is 0.720. The zero-order chi connectivity index (χ0) is 13.1. The molecular formula is C12H24BNO2. The predicted molar refractivity (Wildman–Crippen MR) is 70.7 cm³/mol. The summed E-state index contributed by atoms with van der Waals surface area (Å²) in [5.41, 5.74) is 1.35. The summed E-state index contributed by atoms with van der Waals surface area (Å²) in [6, 6.07) is 1.68. The summed E-state index contributed by atoms with van der Waals surface area (Å²) in [6.07, 6.45) is 3.09. The van der Waals surface area contributed by atoms with E-state index in [0.29, 0.717) is 5.46 Å². The molecule has 0 bridgehead atoms. The van der Waals surface area contributed by atoms with Crippen LogP contribution in [0.3, 0.4) is 0 Å². The molecule has 2 N–H and O–H groups in total. The second kappa shape index (κ2) is 10.6. The summed E-state index contributed by atoms with van der Waals surface area (Å²) in [4.78, 5) is 3.79. The lowest BCUT2D eigenvalue weighted by atomic mass is 9.81. The van der Waals surface area contributed by atoms with Crippen LogP contribution in [0.2, 0.25) is 0 Å². The van der Waals surface area contributed by atoms with E-state index >= 15 is 0 Å². The van der Waals surface area contributed by atoms with E-state index in [1.54, 1.807) is 12.3 Å². The van der Waals surface area contributed by atoms with Crippen molar-refractivity contribution in [2.45, 2.75) is 41.5 Å². The lowest BCUT2D eigenvalue weighted by molar-refractivity contribution is 0.425. The van der Waals surface area contributed by atoms with Gasteiger partial charge in [-0.05, 0) is 18.4 Å². The minimum Gasteiger partial charge on any atom is -0.423 e. The third kappa shape index (κ3) is 11.2. The Bertz CT molecular complexity index is 262. The molecule has 1 aromatic heterocycles. The molecule has 1 rings (SSSR count). The van der Waals surface area contributed by atoms with Crippen molar-refractivity contribution < 1.29 is 10.0 Å². The molecule has 0 spiro atoms. The van der Waals surface area contributed by atoms with E-state index in [0.717, 1.165) is 11.5 Å². The molecule has 92 valence electrons. The van der Waals surface area contributed by atoms with E-state index in [9.17, 15) is 0 Å². The molecule has 0 atom stereocenters. The summed E-state index contributed by atoms with van der Waals surface area (Å²) < 4.78 is 0. The topological polar surface area (TPSA) is 53.4 Å². The molecule has 1 aromatic rings. The Morgan fingerprint density at radius 2 is 1.56 bits per heavy atom. The molecule has 0 aliphatic rings. The molecule has 0 aliphatic heterocycles. The van der Waals surface area contributed by atoms with Crippen LogP contribution in [0, 0.1) is 12.8 Å². The minimum atomic E-state index is -1.41. The van der Waals surface area contributed by atoms with Crippen LogP contribution < -0.4 is 5.46 Å². The fraction of sp³-hybridized carbons (Fsp3) is 0.583. The highest BCUT2D eigenvalue weighted by atomic mass is 16.4. The molecule has 0 fully saturated rings. The van der Waals surface area contributed by atoms with Gasteiger partial charge >= 0.3 is 7.12 Å². The number of aryl methyl sites for hydroxylation is 1. The van der Waals surface area contributed by atoms with E-state index in [-0.39, 0.29) is 0 Å². The van der Waals surface area contributed by atoms with Gasteiger partial charge in [0.25, 0.3) is 0 Å². The number of nitrogens with zero attached hydrogens (tertiary/aromatic N) is 1. The predicted octanol–water partition coefficient (Wildman–Crippen LogP) is 1.76. The van der Waals surface area contributed by atoms with E-state index in [2.05, 4.69) is 25.8 Å². The van der Waals surface area contributed by atoms with E-state index in [4.69, 9.17) is 10.0 Å². The summed E-state index contributed by atoms with van der Waals surface area (Å²) >= 11 is 0. The molecular weight excluding hydrogens is 201 g/mol. The molecule has 0 saturated heterocycles. The molecule has 0 unspecified atom stereocenters. The van der Waals surface area contributed by atoms with E-state index in [1.165, 1.54) is 6.20 Å². The zero-order valence-electron chi connectivity index (χ0n) is 11.2. The van der Waals surface area contributed by atoms with E-state index in [1.807, 2.05) is 20.8 Å². The summed E-state index contributed by atoms with van der Waals surface area (Å²) in [7, 11) is -1.41. The monoisotopic (exact) mass is 225 g/mol. The van der Waals surface area contributed by atoms with Crippen molar-refractivity contribution in [3.63, 3.8) is 0 Å². The lowest BCUT2D eigenvalue weighted by Gasteiger charge is -1.97. The van der Waals surface area contributed by atoms with Gasteiger partial charge in [-0.15, -0.1) is 0 Å². The second-order valence-electron chi connectivity index (χ2n) is 3.90. The number of hydrogen-bond donors (Lipinski definition) is 2. The largest absolute Gasteiger partial charge is 0.490 e. The number of rotatable bonds is 1. The van der Waals surface area contributed by atoms with Gasteiger partial charge in [-0.2, -0.15) is 0 Å². The fourth-order valence-corrected chi connectivity index (χ4v) is 0.720. The Hall–Kier alpha value is -0.865. The highest BCUT2D eigenvalue weighted by molar-refractivity contribution is 6.58. The first-order valence-corrected chi connectivity index (χ1v) is 5.71. The summed E-state index contributed by atoms with van der Waals surface area (Å²) in [6.45, 7) is 12.3. The Morgan fingerprint density at radius 1 is 1.12 bits per heavy atom. The van der Waals surface area contributed by atoms with E-state index < -0.39 is 7.12 Å². The van der Waals surface area contributed by atoms with Crippen molar-refractivity contribution in [1.29, 1.82) is 0 Å². The first kappa shape index (κ1) is 17.5. The maximum atomic E-state index is 8.66. The maximum absolute atomic E-state index is 8.66. The lowest BCUT2D eigenvalue weighted by Crippen LogP contribution is -2.30. The van der Waals surface area contributed by atoms with Crippen LogP contribution in [-0.4, -0.2) is 22.2 Å². The van der Waals surface area contributed by atoms with Crippen LogP contribution in [0.15, 0.2) is 18.5 Å². The molecule has 0 aromatic carbocycles. The molecule has 0 aliphatic carbocycles. The van der Waals surface area contributed by atoms with Gasteiger partial charge in [0.2, 0.25) is 0 Å². The van der Waals surface area contributed by atoms with Crippen LogP contribution in [0.5, 0.6) is 0 Å². The maximum Gasteiger partial charge on any atom is 0.490 e. The molecule has 0 amide bonds. The smallest absolute Gasteiger partial charge is 0.423 e. The van der Waals surface area contributed by atoms with Crippen molar-refractivity contribution in [3.8, 4) is 0 Å². The van der Waals surface area contributed by atoms with Gasteiger partial charge in [-0.3, -0.25) is 4.98 Å². The van der Waals surface area contributed by atoms with Gasteiger partial charge in [-0.25, -0.2) is 0 Å². The third-order valence-electron chi connectivity index (χ3n) is 1.19. The Labute approximate surface area is 99.7 Å². The molecule has 1 heterocycles. The van der Waals surface area contributed by atoms with Gasteiger partial charge in [0.1, 0.15) is 0 Å². The van der Waals surface area contributed by atoms with Crippen LogP contribution in [-0.2, 0) is 0 Å². The first-order valence-electron chi connectivity index (χ1n) is 5.71. The zero-order valence-corrected chi connectivity index (χ0v) is 11.2. The van der Waals surface area contributed by atoms with Crippen molar-refractivity contribution in [2.75, 3.05) is 0 Å². The van der Waals surface area contributed by atoms with Gasteiger partial charge in [0.05, 0.1) is 0 Å². The number of aromatic nitrogens is 1. The number of pyridine rings is 1. The Morgan fingerprint density at radius 3 is 1.81 bits per heavy atom. The molecule has 3 nitrogen and oxygen atoms in total. The molecule has 16 heavy (non-hydrogen) atoms. The van der Waals surface area contributed by atoms with Crippen molar-refractivity contribution in [1.82, 2.24) is 4.98 Å². The molecule has 0 saturated carbocycles. The third-order valence-corrected chi connectivity index (χ3v) is 1.19. The van der Waals surface area contributed by atoms with Crippen LogP contribution in [0.4, 0.5) is 0 Å². The van der Waals surface area contributed by atoms with Crippen molar-refractivity contribution >= 4 is 12.6 Å². The van der Waals surface area contributed by atoms with Crippen molar-refractivity contribution in [2.24, 2.45) is 5.92 Å². The minimum absolute atomic E-state index is 0.431. The number of hydrogen-bond acceptors (Lipinski definition) is 3. The standard InChI is InChI=1S/C6H8BNO2.C4H10.C2H6/c1-5-2-6(7(9)10)4-8-3-5;1-4(2)3;1-2/h2-4,9-10H,1H3;4H,1-3H3;1-2H3. The van der Waals surface area contributed by atoms with Crippen LogP contribution >= 0.6 is 0 Å².